The van der Waals surface area contributed by atoms with Crippen molar-refractivity contribution in [3.05, 3.63) is 34.9 Å². The molecule has 21 heavy (non-hydrogen) atoms. The van der Waals surface area contributed by atoms with Crippen molar-refractivity contribution in [3.63, 3.8) is 0 Å². The molecule has 1 fully saturated rings. The fraction of sp³-hybridized carbons (Fsp3) is 0.462. The first kappa shape index (κ1) is 16.2. The van der Waals surface area contributed by atoms with E-state index < -0.39 is 28.0 Å². The van der Waals surface area contributed by atoms with Crippen molar-refractivity contribution < 1.29 is 23.4 Å². The van der Waals surface area contributed by atoms with E-state index in [2.05, 4.69) is 0 Å². The molecule has 8 heteroatoms. The number of benzene rings is 1. The third-order valence-electron chi connectivity index (χ3n) is 3.38. The first-order valence-corrected chi connectivity index (χ1v) is 8.55. The van der Waals surface area contributed by atoms with E-state index in [1.165, 1.54) is 4.90 Å². The average molecular weight is 334 g/mol. The van der Waals surface area contributed by atoms with E-state index in [0.717, 1.165) is 5.56 Å². The zero-order valence-corrected chi connectivity index (χ0v) is 12.7. The Morgan fingerprint density at radius 3 is 2.62 bits per heavy atom. The molecule has 1 heterocycles. The molecule has 2 rings (SSSR count). The molecule has 0 radical (unpaired) electrons. The SMILES string of the molecule is O=C(O)CN(Cc1cccc(Cl)c1)[C@@H]1CS(=O)(=O)C[C@H]1O. The molecule has 1 aliphatic heterocycles. The molecule has 1 aromatic rings. The number of rotatable bonds is 5. The Morgan fingerprint density at radius 2 is 2.10 bits per heavy atom. The largest absolute Gasteiger partial charge is 0.480 e. The normalized spacial score (nSPS) is 24.3. The summed E-state index contributed by atoms with van der Waals surface area (Å²) in [6.45, 7) is -0.131. The number of aliphatic carboxylic acids is 1. The molecule has 0 saturated carbocycles. The van der Waals surface area contributed by atoms with Crippen molar-refractivity contribution in [2.75, 3.05) is 18.1 Å². The number of halogens is 1. The number of carboxylic acid groups (broad SMARTS) is 1. The third kappa shape index (κ3) is 4.41. The van der Waals surface area contributed by atoms with Crippen molar-refractivity contribution in [2.45, 2.75) is 18.7 Å². The van der Waals surface area contributed by atoms with Gasteiger partial charge in [-0.3, -0.25) is 9.69 Å². The predicted molar refractivity (Wildman–Crippen MR) is 77.9 cm³/mol. The predicted octanol–water partition coefficient (Wildman–Crippen LogP) is 0.385. The van der Waals surface area contributed by atoms with Crippen LogP contribution in [-0.4, -0.2) is 59.7 Å². The maximum atomic E-state index is 11.6. The quantitative estimate of drug-likeness (QED) is 0.809. The molecular formula is C13H16ClNO5S. The molecule has 2 N–H and O–H groups in total. The van der Waals surface area contributed by atoms with Gasteiger partial charge in [0, 0.05) is 11.6 Å². The summed E-state index contributed by atoms with van der Waals surface area (Å²) in [4.78, 5) is 12.5. The molecule has 6 nitrogen and oxygen atoms in total. The van der Waals surface area contributed by atoms with Crippen LogP contribution in [0.25, 0.3) is 0 Å². The van der Waals surface area contributed by atoms with Gasteiger partial charge < -0.3 is 10.2 Å². The van der Waals surface area contributed by atoms with Gasteiger partial charge in [0.2, 0.25) is 0 Å². The summed E-state index contributed by atoms with van der Waals surface area (Å²) < 4.78 is 23.2. The van der Waals surface area contributed by atoms with Crippen LogP contribution in [0.4, 0.5) is 0 Å². The van der Waals surface area contributed by atoms with Gasteiger partial charge >= 0.3 is 5.97 Å². The van der Waals surface area contributed by atoms with E-state index in [-0.39, 0.29) is 24.6 Å². The molecule has 1 saturated heterocycles. The molecule has 0 aromatic heterocycles. The zero-order valence-electron chi connectivity index (χ0n) is 11.1. The van der Waals surface area contributed by atoms with Gasteiger partial charge in [0.25, 0.3) is 0 Å². The van der Waals surface area contributed by atoms with Crippen LogP contribution >= 0.6 is 11.6 Å². The second-order valence-corrected chi connectivity index (χ2v) is 7.73. The van der Waals surface area contributed by atoms with Crippen LogP contribution in [0.2, 0.25) is 5.02 Å². The summed E-state index contributed by atoms with van der Waals surface area (Å²) in [6.07, 6.45) is -1.08. The van der Waals surface area contributed by atoms with Gasteiger partial charge in [-0.25, -0.2) is 8.42 Å². The van der Waals surface area contributed by atoms with Crippen LogP contribution in [0.5, 0.6) is 0 Å². The van der Waals surface area contributed by atoms with Crippen LogP contribution in [0.3, 0.4) is 0 Å². The van der Waals surface area contributed by atoms with Gasteiger partial charge in [-0.1, -0.05) is 23.7 Å². The minimum absolute atomic E-state index is 0.212. The molecule has 1 aromatic carbocycles. The molecule has 1 aliphatic rings. The lowest BCUT2D eigenvalue weighted by molar-refractivity contribution is -0.139. The number of aliphatic hydroxyl groups is 1. The van der Waals surface area contributed by atoms with Gasteiger partial charge in [-0.2, -0.15) is 0 Å². The van der Waals surface area contributed by atoms with Gasteiger partial charge in [-0.15, -0.1) is 0 Å². The second kappa shape index (κ2) is 6.31. The highest BCUT2D eigenvalue weighted by molar-refractivity contribution is 7.91. The summed E-state index contributed by atoms with van der Waals surface area (Å²) in [7, 11) is -3.34. The number of hydrogen-bond acceptors (Lipinski definition) is 5. The second-order valence-electron chi connectivity index (χ2n) is 5.14. The van der Waals surface area contributed by atoms with Gasteiger partial charge in [-0.05, 0) is 17.7 Å². The third-order valence-corrected chi connectivity index (χ3v) is 5.31. The molecule has 2 atom stereocenters. The maximum Gasteiger partial charge on any atom is 0.317 e. The monoisotopic (exact) mass is 333 g/mol. The highest BCUT2D eigenvalue weighted by Crippen LogP contribution is 2.21. The Labute approximate surface area is 127 Å². The number of aliphatic hydroxyl groups excluding tert-OH is 1. The minimum Gasteiger partial charge on any atom is -0.480 e. The zero-order chi connectivity index (χ0) is 15.6. The maximum absolute atomic E-state index is 11.6. The molecule has 116 valence electrons. The van der Waals surface area contributed by atoms with Crippen LogP contribution < -0.4 is 0 Å². The fourth-order valence-electron chi connectivity index (χ4n) is 2.49. The first-order chi connectivity index (χ1) is 9.77. The van der Waals surface area contributed by atoms with Crippen molar-refractivity contribution in [2.24, 2.45) is 0 Å². The van der Waals surface area contributed by atoms with Crippen molar-refractivity contribution in [1.82, 2.24) is 4.90 Å². The van der Waals surface area contributed by atoms with Crippen molar-refractivity contribution >= 4 is 27.4 Å². The van der Waals surface area contributed by atoms with E-state index in [0.29, 0.717) is 5.02 Å². The smallest absolute Gasteiger partial charge is 0.317 e. The van der Waals surface area contributed by atoms with E-state index in [4.69, 9.17) is 16.7 Å². The Balaban J connectivity index is 2.20. The molecular weight excluding hydrogens is 318 g/mol. The van der Waals surface area contributed by atoms with Crippen LogP contribution in [0.15, 0.2) is 24.3 Å². The lowest BCUT2D eigenvalue weighted by atomic mass is 10.1. The Morgan fingerprint density at radius 1 is 1.38 bits per heavy atom. The van der Waals surface area contributed by atoms with Crippen LogP contribution in [-0.2, 0) is 21.2 Å². The first-order valence-electron chi connectivity index (χ1n) is 6.35. The number of nitrogens with zero attached hydrogens (tertiary/aromatic N) is 1. The molecule has 0 aliphatic carbocycles. The summed E-state index contributed by atoms with van der Waals surface area (Å²) in [5, 5.41) is 19.4. The standard InChI is InChI=1S/C13H16ClNO5S/c14-10-3-1-2-9(4-10)5-15(6-13(17)18)11-7-21(19,20)8-12(11)16/h1-4,11-12,16H,5-8H2,(H,17,18)/t11-,12-/m1/s1. The highest BCUT2D eigenvalue weighted by Gasteiger charge is 2.40. The number of carboxylic acids is 1. The van der Waals surface area contributed by atoms with Crippen LogP contribution in [0, 0.1) is 0 Å². The van der Waals surface area contributed by atoms with Gasteiger partial charge in [0.1, 0.15) is 0 Å². The molecule has 0 bridgehead atoms. The number of carbonyl (C=O) groups is 1. The summed E-state index contributed by atoms with van der Waals surface area (Å²) in [5.74, 6) is -1.64. The van der Waals surface area contributed by atoms with Gasteiger partial charge in [0.05, 0.1) is 30.2 Å². The summed E-state index contributed by atoms with van der Waals surface area (Å²) >= 11 is 5.89. The average Bonchev–Trinajstić information content (AvgIpc) is 2.61. The van der Waals surface area contributed by atoms with Crippen molar-refractivity contribution in [1.29, 1.82) is 0 Å². The van der Waals surface area contributed by atoms with Gasteiger partial charge in [0.15, 0.2) is 9.84 Å². The number of sulfone groups is 1. The summed E-state index contributed by atoms with van der Waals surface area (Å²) in [6, 6.07) is 6.17. The van der Waals surface area contributed by atoms with Crippen molar-refractivity contribution in [3.8, 4) is 0 Å². The number of hydrogen-bond donors (Lipinski definition) is 2. The Kier molecular flexibility index (Phi) is 4.88. The lowest BCUT2D eigenvalue weighted by Gasteiger charge is -2.28. The van der Waals surface area contributed by atoms with E-state index in [9.17, 15) is 18.3 Å². The highest BCUT2D eigenvalue weighted by atomic mass is 35.5. The van der Waals surface area contributed by atoms with E-state index in [1.54, 1.807) is 24.3 Å². The van der Waals surface area contributed by atoms with E-state index in [1.807, 2.05) is 0 Å². The Bertz CT molecular complexity index is 633. The van der Waals surface area contributed by atoms with E-state index >= 15 is 0 Å². The Hall–Kier alpha value is -1.15. The lowest BCUT2D eigenvalue weighted by Crippen LogP contribution is -2.45. The molecule has 0 amide bonds. The fourth-order valence-corrected chi connectivity index (χ4v) is 4.54. The topological polar surface area (TPSA) is 94.9 Å². The minimum atomic E-state index is -3.34. The van der Waals surface area contributed by atoms with Crippen LogP contribution in [0.1, 0.15) is 5.56 Å². The molecule has 0 spiro atoms. The molecule has 0 unspecified atom stereocenters. The summed E-state index contributed by atoms with van der Waals surface area (Å²) in [5.41, 5.74) is 0.764.